The number of hydrogen-bond acceptors (Lipinski definition) is 8. The first-order chi connectivity index (χ1) is 33.6. The molecule has 0 aliphatic carbocycles. The second-order valence-electron chi connectivity index (χ2n) is 18.0. The molecule has 0 rings (SSSR count). The van der Waals surface area contributed by atoms with Crippen LogP contribution in [0, 0.1) is 0 Å². The molecule has 0 amide bonds. The Bertz CT molecular complexity index is 1590. The fourth-order valence-corrected chi connectivity index (χ4v) is 6.41. The third kappa shape index (κ3) is 51.1. The molecule has 0 saturated carbocycles. The average Bonchev–Trinajstić information content (AvgIpc) is 3.31. The zero-order valence-electron chi connectivity index (χ0n) is 43.9. The molecule has 0 aromatic carbocycles. The van der Waals surface area contributed by atoms with E-state index in [1.807, 2.05) is 33.3 Å². The third-order valence-electron chi connectivity index (χ3n) is 10.4. The van der Waals surface area contributed by atoms with E-state index in [0.717, 1.165) is 96.3 Å². The zero-order valence-corrected chi connectivity index (χ0v) is 43.9. The number of carbonyl (C=O) groups excluding carboxylic acids is 3. The summed E-state index contributed by atoms with van der Waals surface area (Å²) in [6, 6.07) is 0. The Kier molecular flexibility index (Phi) is 46.5. The van der Waals surface area contributed by atoms with E-state index >= 15 is 0 Å². The zero-order chi connectivity index (χ0) is 50.6. The van der Waals surface area contributed by atoms with Gasteiger partial charge in [0.2, 0.25) is 0 Å². The van der Waals surface area contributed by atoms with Crippen LogP contribution in [0.15, 0.2) is 134 Å². The maximum absolute atomic E-state index is 12.8. The van der Waals surface area contributed by atoms with E-state index in [-0.39, 0.29) is 32.7 Å². The number of allylic oxidation sites excluding steroid dienone is 22. The average molecular weight is 958 g/mol. The van der Waals surface area contributed by atoms with Gasteiger partial charge in [0, 0.05) is 12.8 Å². The fraction of sp³-hybridized carbons (Fsp3) is 0.583. The lowest BCUT2D eigenvalue weighted by Crippen LogP contribution is -2.44. The molecule has 0 aromatic rings. The standard InChI is InChI=1S/C60H95NO8/c1-6-8-10-12-14-16-18-20-21-22-23-24-25-26-27-28-29-30-31-32-33-34-35-36-37-39-41-43-45-47-49-51-58(63)69-56(55-68-60(59(64)65)66-53-52-61(3,4)5)54-67-57(62)50-48-46-44-42-40-38-19-17-15-13-11-9-7-2/h8-11,14-17,20-21,23-24,26-27,29-30,32-33,38,40,44,46,56,60H,6-7,12-13,18-19,22,25,28,31,34-37,39,41-43,45,47-55H2,1-5H3/b10-8-,11-9-,16-14-,17-15-,21-20-,24-23-,27-26-,30-29-,33-32-,40-38-,46-44-. The maximum Gasteiger partial charge on any atom is 0.306 e. The number of ether oxygens (including phenoxy) is 4. The van der Waals surface area contributed by atoms with E-state index in [1.54, 1.807) is 0 Å². The number of hydrogen-bond donors (Lipinski definition) is 0. The Balaban J connectivity index is 4.32. The predicted octanol–water partition coefficient (Wildman–Crippen LogP) is 13.8. The topological polar surface area (TPSA) is 111 Å². The normalized spacial score (nSPS) is 13.9. The van der Waals surface area contributed by atoms with Crippen molar-refractivity contribution in [1.29, 1.82) is 0 Å². The van der Waals surface area contributed by atoms with Crippen molar-refractivity contribution in [2.75, 3.05) is 47.5 Å². The highest BCUT2D eigenvalue weighted by atomic mass is 16.7. The van der Waals surface area contributed by atoms with Crippen molar-refractivity contribution in [3.63, 3.8) is 0 Å². The third-order valence-corrected chi connectivity index (χ3v) is 10.4. The minimum Gasteiger partial charge on any atom is -0.545 e. The van der Waals surface area contributed by atoms with Gasteiger partial charge in [0.05, 0.1) is 40.3 Å². The number of carbonyl (C=O) groups is 3. The number of rotatable bonds is 46. The van der Waals surface area contributed by atoms with Crippen LogP contribution in [0.1, 0.15) is 168 Å². The number of unbranched alkanes of at least 4 members (excludes halogenated alkanes) is 9. The van der Waals surface area contributed by atoms with Gasteiger partial charge < -0.3 is 33.3 Å². The Morgan fingerprint density at radius 3 is 1.22 bits per heavy atom. The Hall–Kier alpha value is -4.57. The number of carboxylic acid groups (broad SMARTS) is 1. The minimum atomic E-state index is -1.65. The van der Waals surface area contributed by atoms with Crippen molar-refractivity contribution >= 4 is 17.9 Å². The molecule has 0 fully saturated rings. The van der Waals surface area contributed by atoms with Crippen LogP contribution in [0.4, 0.5) is 0 Å². The monoisotopic (exact) mass is 958 g/mol. The van der Waals surface area contributed by atoms with Gasteiger partial charge in [-0.05, 0) is 96.3 Å². The molecule has 2 atom stereocenters. The molecular formula is C60H95NO8. The van der Waals surface area contributed by atoms with Crippen molar-refractivity contribution in [2.24, 2.45) is 0 Å². The molecule has 0 aromatic heterocycles. The summed E-state index contributed by atoms with van der Waals surface area (Å²) >= 11 is 0. The van der Waals surface area contributed by atoms with Gasteiger partial charge in [0.15, 0.2) is 12.4 Å². The van der Waals surface area contributed by atoms with Crippen LogP contribution in [-0.4, -0.2) is 82.3 Å². The number of nitrogens with zero attached hydrogens (tertiary/aromatic N) is 1. The van der Waals surface area contributed by atoms with Crippen LogP contribution >= 0.6 is 0 Å². The molecule has 0 aliphatic rings. The first-order valence-electron chi connectivity index (χ1n) is 26.3. The number of quaternary nitrogens is 1. The second-order valence-corrected chi connectivity index (χ2v) is 18.0. The lowest BCUT2D eigenvalue weighted by Gasteiger charge is -2.26. The van der Waals surface area contributed by atoms with Gasteiger partial charge in [-0.15, -0.1) is 0 Å². The van der Waals surface area contributed by atoms with Gasteiger partial charge in [-0.1, -0.05) is 192 Å². The predicted molar refractivity (Wildman–Crippen MR) is 287 cm³/mol. The van der Waals surface area contributed by atoms with Crippen LogP contribution in [0.3, 0.4) is 0 Å². The van der Waals surface area contributed by atoms with Gasteiger partial charge in [0.1, 0.15) is 13.2 Å². The van der Waals surface area contributed by atoms with Crippen molar-refractivity contribution in [3.05, 3.63) is 134 Å². The number of aliphatic carboxylic acids is 1. The van der Waals surface area contributed by atoms with Crippen LogP contribution in [0.5, 0.6) is 0 Å². The summed E-state index contributed by atoms with van der Waals surface area (Å²) in [5.74, 6) is -2.42. The summed E-state index contributed by atoms with van der Waals surface area (Å²) < 4.78 is 22.5. The lowest BCUT2D eigenvalue weighted by atomic mass is 10.1. The molecule has 0 spiro atoms. The molecule has 388 valence electrons. The maximum atomic E-state index is 12.8. The molecule has 2 unspecified atom stereocenters. The highest BCUT2D eigenvalue weighted by Crippen LogP contribution is 2.13. The van der Waals surface area contributed by atoms with Crippen LogP contribution in [0.25, 0.3) is 0 Å². The molecule has 9 heteroatoms. The lowest BCUT2D eigenvalue weighted by molar-refractivity contribution is -0.870. The van der Waals surface area contributed by atoms with Crippen molar-refractivity contribution in [1.82, 2.24) is 0 Å². The Morgan fingerprint density at radius 2 is 0.812 bits per heavy atom. The van der Waals surface area contributed by atoms with Gasteiger partial charge in [-0.2, -0.15) is 0 Å². The van der Waals surface area contributed by atoms with E-state index in [0.29, 0.717) is 23.9 Å². The molecular weight excluding hydrogens is 863 g/mol. The quantitative estimate of drug-likeness (QED) is 0.0195. The molecule has 0 saturated heterocycles. The van der Waals surface area contributed by atoms with Crippen LogP contribution in [0.2, 0.25) is 0 Å². The van der Waals surface area contributed by atoms with E-state index in [9.17, 15) is 19.5 Å². The highest BCUT2D eigenvalue weighted by Gasteiger charge is 2.21. The minimum absolute atomic E-state index is 0.128. The molecule has 69 heavy (non-hydrogen) atoms. The Labute approximate surface area is 420 Å². The molecule has 9 nitrogen and oxygen atoms in total. The first-order valence-corrected chi connectivity index (χ1v) is 26.3. The van der Waals surface area contributed by atoms with E-state index in [2.05, 4.69) is 135 Å². The summed E-state index contributed by atoms with van der Waals surface area (Å²) in [4.78, 5) is 37.1. The molecule has 0 aliphatic heterocycles. The summed E-state index contributed by atoms with van der Waals surface area (Å²) in [6.45, 7) is 4.39. The largest absolute Gasteiger partial charge is 0.545 e. The summed E-state index contributed by atoms with van der Waals surface area (Å²) in [6.07, 6.45) is 68.0. The first kappa shape index (κ1) is 64.4. The summed E-state index contributed by atoms with van der Waals surface area (Å²) in [5, 5.41) is 11.7. The highest BCUT2D eigenvalue weighted by molar-refractivity contribution is 5.70. The van der Waals surface area contributed by atoms with E-state index in [4.69, 9.17) is 18.9 Å². The number of carboxylic acids is 1. The number of likely N-dealkylation sites (N-methyl/N-ethyl adjacent to an activating group) is 1. The fourth-order valence-electron chi connectivity index (χ4n) is 6.41. The summed E-state index contributed by atoms with van der Waals surface area (Å²) in [7, 11) is 5.88. The number of esters is 2. The molecule has 0 heterocycles. The van der Waals surface area contributed by atoms with Crippen molar-refractivity contribution < 1.29 is 42.9 Å². The second kappa shape index (κ2) is 49.8. The van der Waals surface area contributed by atoms with Gasteiger partial charge in [-0.25, -0.2) is 0 Å². The van der Waals surface area contributed by atoms with E-state index in [1.165, 1.54) is 32.1 Å². The van der Waals surface area contributed by atoms with Gasteiger partial charge >= 0.3 is 11.9 Å². The smallest absolute Gasteiger partial charge is 0.306 e. The van der Waals surface area contributed by atoms with Gasteiger partial charge in [-0.3, -0.25) is 9.59 Å². The van der Waals surface area contributed by atoms with Gasteiger partial charge in [0.25, 0.3) is 0 Å². The molecule has 0 radical (unpaired) electrons. The summed E-state index contributed by atoms with van der Waals surface area (Å²) in [5.41, 5.74) is 0. The molecule has 0 bridgehead atoms. The SMILES string of the molecule is CC/C=C\C/C=C\C/C=C\C/C=C\C/C=C\C/C=C\C/C=C\CCCCCCCCCCCC(=O)OC(COC(=O)CC/C=C\C/C=C\C/C=C\C/C=C\CC)COC(OCC[N+](C)(C)C)C(=O)[O-]. The van der Waals surface area contributed by atoms with Crippen molar-refractivity contribution in [2.45, 2.75) is 180 Å². The Morgan fingerprint density at radius 1 is 0.435 bits per heavy atom. The molecule has 0 N–H and O–H groups in total. The van der Waals surface area contributed by atoms with Crippen molar-refractivity contribution in [3.8, 4) is 0 Å². The van der Waals surface area contributed by atoms with Crippen LogP contribution < -0.4 is 5.11 Å². The van der Waals surface area contributed by atoms with E-state index < -0.39 is 30.3 Å². The van der Waals surface area contributed by atoms with Crippen LogP contribution in [-0.2, 0) is 33.3 Å².